The number of carbonyl (C=O) groups is 2. The van der Waals surface area contributed by atoms with Crippen LogP contribution in [0.5, 0.6) is 5.75 Å². The van der Waals surface area contributed by atoms with Gasteiger partial charge in [0, 0.05) is 12.1 Å². The van der Waals surface area contributed by atoms with Gasteiger partial charge in [-0.05, 0) is 44.2 Å². The fraction of sp³-hybridized carbons (Fsp3) is 0.263. The van der Waals surface area contributed by atoms with Crippen LogP contribution in [0.4, 0.5) is 24.5 Å². The van der Waals surface area contributed by atoms with Gasteiger partial charge in [0.2, 0.25) is 0 Å². The number of ether oxygens (including phenoxy) is 2. The average molecular weight is 426 g/mol. The molecule has 1 atom stereocenters. The Labute approximate surface area is 168 Å². The zero-order valence-corrected chi connectivity index (χ0v) is 15.9. The van der Waals surface area contributed by atoms with Crippen LogP contribution in [0.3, 0.4) is 0 Å². The fourth-order valence-corrected chi connectivity index (χ4v) is 2.36. The molecule has 2 aromatic carbocycles. The molecule has 0 saturated carbocycles. The number of rotatable bonds is 7. The summed E-state index contributed by atoms with van der Waals surface area (Å²) in [5, 5.41) is 12.7. The van der Waals surface area contributed by atoms with Crippen LogP contribution in [0.25, 0.3) is 0 Å². The smallest absolute Gasteiger partial charge is 0.418 e. The maximum atomic E-state index is 13.2. The van der Waals surface area contributed by atoms with Crippen LogP contribution in [0.1, 0.15) is 29.8 Å². The Morgan fingerprint density at radius 3 is 2.33 bits per heavy atom. The molecule has 0 aliphatic rings. The van der Waals surface area contributed by atoms with E-state index in [1.807, 2.05) is 5.32 Å². The van der Waals surface area contributed by atoms with Crippen molar-refractivity contribution in [3.8, 4) is 5.75 Å². The number of carbonyl (C=O) groups excluding carboxylic acids is 2. The number of anilines is 1. The van der Waals surface area contributed by atoms with E-state index in [-0.39, 0.29) is 5.56 Å². The average Bonchev–Trinajstić information content (AvgIpc) is 2.67. The number of hydrogen-bond acceptors (Lipinski definition) is 6. The van der Waals surface area contributed by atoms with Gasteiger partial charge in [-0.1, -0.05) is 0 Å². The van der Waals surface area contributed by atoms with E-state index >= 15 is 0 Å². The van der Waals surface area contributed by atoms with Gasteiger partial charge >= 0.3 is 12.1 Å². The molecule has 0 spiro atoms. The van der Waals surface area contributed by atoms with Crippen LogP contribution in [0, 0.1) is 10.1 Å². The molecule has 8 nitrogen and oxygen atoms in total. The van der Waals surface area contributed by atoms with Crippen molar-refractivity contribution in [1.82, 2.24) is 0 Å². The molecule has 1 N–H and O–H groups in total. The summed E-state index contributed by atoms with van der Waals surface area (Å²) in [5.41, 5.74) is -2.75. The molecule has 11 heteroatoms. The lowest BCUT2D eigenvalue weighted by atomic mass is 10.1. The standard InChI is InChI=1S/C19H17F3N2O6/c1-3-29-14-7-4-12(5-8-14)18(26)30-11(2)17(25)23-16-9-6-13(24(27)28)10-15(16)19(20,21)22/h4-11H,3H2,1-2H3,(H,23,25). The van der Waals surface area contributed by atoms with Gasteiger partial charge < -0.3 is 14.8 Å². The van der Waals surface area contributed by atoms with E-state index in [0.29, 0.717) is 18.4 Å². The monoisotopic (exact) mass is 426 g/mol. The van der Waals surface area contributed by atoms with Crippen LogP contribution in [0.15, 0.2) is 42.5 Å². The number of nitrogens with one attached hydrogen (secondary N) is 1. The molecule has 0 heterocycles. The van der Waals surface area contributed by atoms with Gasteiger partial charge in [0.1, 0.15) is 5.75 Å². The van der Waals surface area contributed by atoms with Crippen molar-refractivity contribution in [1.29, 1.82) is 0 Å². The summed E-state index contributed by atoms with van der Waals surface area (Å²) >= 11 is 0. The summed E-state index contributed by atoms with van der Waals surface area (Å²) in [4.78, 5) is 34.1. The Kier molecular flexibility index (Phi) is 6.98. The number of nitro benzene ring substituents is 1. The number of halogens is 3. The summed E-state index contributed by atoms with van der Waals surface area (Å²) in [6.07, 6.45) is -6.38. The van der Waals surface area contributed by atoms with Gasteiger partial charge in [-0.15, -0.1) is 0 Å². The first-order valence-corrected chi connectivity index (χ1v) is 8.63. The summed E-state index contributed by atoms with van der Waals surface area (Å²) in [7, 11) is 0. The van der Waals surface area contributed by atoms with Crippen LogP contribution >= 0.6 is 0 Å². The fourth-order valence-electron chi connectivity index (χ4n) is 2.36. The van der Waals surface area contributed by atoms with E-state index in [2.05, 4.69) is 0 Å². The molecule has 0 aromatic heterocycles. The third kappa shape index (κ3) is 5.69. The molecule has 1 amide bonds. The normalized spacial score (nSPS) is 12.0. The highest BCUT2D eigenvalue weighted by molar-refractivity contribution is 5.98. The highest BCUT2D eigenvalue weighted by Gasteiger charge is 2.36. The SMILES string of the molecule is CCOc1ccc(C(=O)OC(C)C(=O)Nc2ccc([N+](=O)[O-])cc2C(F)(F)F)cc1. The predicted molar refractivity (Wildman–Crippen MR) is 99.2 cm³/mol. The van der Waals surface area contributed by atoms with Crippen molar-refractivity contribution in [3.05, 3.63) is 63.7 Å². The molecule has 2 aromatic rings. The number of non-ortho nitro benzene ring substituents is 1. The number of esters is 1. The molecule has 2 rings (SSSR count). The predicted octanol–water partition coefficient (Wildman–Crippen LogP) is 4.20. The summed E-state index contributed by atoms with van der Waals surface area (Å²) < 4.78 is 49.8. The Bertz CT molecular complexity index is 944. The number of nitrogens with zero attached hydrogens (tertiary/aromatic N) is 1. The molecule has 1 unspecified atom stereocenters. The Balaban J connectivity index is 2.11. The minimum Gasteiger partial charge on any atom is -0.494 e. The summed E-state index contributed by atoms with van der Waals surface area (Å²) in [6.45, 7) is 3.40. The molecule has 160 valence electrons. The van der Waals surface area contributed by atoms with Crippen LogP contribution in [-0.4, -0.2) is 29.5 Å². The third-order valence-electron chi connectivity index (χ3n) is 3.83. The minimum atomic E-state index is -4.95. The molecule has 0 radical (unpaired) electrons. The van der Waals surface area contributed by atoms with Gasteiger partial charge in [0.15, 0.2) is 6.10 Å². The second-order valence-electron chi connectivity index (χ2n) is 5.98. The lowest BCUT2D eigenvalue weighted by Gasteiger charge is -2.17. The molecule has 30 heavy (non-hydrogen) atoms. The zero-order valence-electron chi connectivity index (χ0n) is 15.9. The molecule has 0 bridgehead atoms. The summed E-state index contributed by atoms with van der Waals surface area (Å²) in [6, 6.07) is 7.77. The van der Waals surface area contributed by atoms with Gasteiger partial charge in [-0.2, -0.15) is 13.2 Å². The number of nitro groups is 1. The first-order chi connectivity index (χ1) is 14.0. The van der Waals surface area contributed by atoms with E-state index in [1.54, 1.807) is 6.92 Å². The molecule has 0 fully saturated rings. The first kappa shape index (κ1) is 22.7. The number of hydrogen-bond donors (Lipinski definition) is 1. The lowest BCUT2D eigenvalue weighted by molar-refractivity contribution is -0.385. The van der Waals surface area contributed by atoms with Crippen molar-refractivity contribution < 1.29 is 37.2 Å². The quantitative estimate of drug-likeness (QED) is 0.404. The van der Waals surface area contributed by atoms with E-state index in [0.717, 1.165) is 12.1 Å². The second kappa shape index (κ2) is 9.25. The molecule has 0 saturated heterocycles. The maximum Gasteiger partial charge on any atom is 0.418 e. The molecule has 0 aliphatic carbocycles. The number of benzene rings is 2. The van der Waals surface area contributed by atoms with Gasteiger partial charge in [-0.25, -0.2) is 4.79 Å². The minimum absolute atomic E-state index is 0.115. The topological polar surface area (TPSA) is 108 Å². The largest absolute Gasteiger partial charge is 0.494 e. The zero-order chi connectivity index (χ0) is 22.5. The van der Waals surface area contributed by atoms with Crippen LogP contribution in [-0.2, 0) is 15.7 Å². The first-order valence-electron chi connectivity index (χ1n) is 8.63. The van der Waals surface area contributed by atoms with Crippen molar-refractivity contribution >= 4 is 23.3 Å². The van der Waals surface area contributed by atoms with Gasteiger partial charge in [0.05, 0.1) is 28.3 Å². The van der Waals surface area contributed by atoms with Gasteiger partial charge in [-0.3, -0.25) is 14.9 Å². The maximum absolute atomic E-state index is 13.2. The lowest BCUT2D eigenvalue weighted by Crippen LogP contribution is -2.30. The number of alkyl halides is 3. The van der Waals surface area contributed by atoms with Gasteiger partial charge in [0.25, 0.3) is 11.6 Å². The van der Waals surface area contributed by atoms with E-state index in [1.165, 1.54) is 31.2 Å². The highest BCUT2D eigenvalue weighted by Crippen LogP contribution is 2.37. The van der Waals surface area contributed by atoms with Crippen LogP contribution in [0.2, 0.25) is 0 Å². The van der Waals surface area contributed by atoms with Crippen molar-refractivity contribution in [2.24, 2.45) is 0 Å². The Morgan fingerprint density at radius 2 is 1.80 bits per heavy atom. The second-order valence-corrected chi connectivity index (χ2v) is 5.98. The van der Waals surface area contributed by atoms with E-state index in [4.69, 9.17) is 9.47 Å². The molecular weight excluding hydrogens is 409 g/mol. The van der Waals surface area contributed by atoms with E-state index < -0.39 is 46.0 Å². The van der Waals surface area contributed by atoms with E-state index in [9.17, 15) is 32.9 Å². The molecule has 0 aliphatic heterocycles. The third-order valence-corrected chi connectivity index (χ3v) is 3.83. The van der Waals surface area contributed by atoms with Crippen molar-refractivity contribution in [2.45, 2.75) is 26.1 Å². The Hall–Kier alpha value is -3.63. The van der Waals surface area contributed by atoms with Crippen molar-refractivity contribution in [3.63, 3.8) is 0 Å². The summed E-state index contributed by atoms with van der Waals surface area (Å²) in [5.74, 6) is -1.37. The van der Waals surface area contributed by atoms with Crippen LogP contribution < -0.4 is 10.1 Å². The number of amides is 1. The molecular formula is C19H17F3N2O6. The van der Waals surface area contributed by atoms with Crippen molar-refractivity contribution in [2.75, 3.05) is 11.9 Å². The highest BCUT2D eigenvalue weighted by atomic mass is 19.4. The Morgan fingerprint density at radius 1 is 1.17 bits per heavy atom.